The first kappa shape index (κ1) is 26.3. The van der Waals surface area contributed by atoms with Crippen molar-refractivity contribution in [2.45, 2.75) is 32.0 Å². The van der Waals surface area contributed by atoms with Crippen LogP contribution in [0.2, 0.25) is 0 Å². The lowest BCUT2D eigenvalue weighted by Crippen LogP contribution is -2.53. The SMILES string of the molecule is CC(C)CN1C(=O)c2ccccc2[C@H](C(=O)N2CCN(c3cccc(C(F)(F)F)c3)CC2)[C@H]1c1cccs1. The minimum atomic E-state index is -4.40. The van der Waals surface area contributed by atoms with Gasteiger partial charge in [-0.15, -0.1) is 11.3 Å². The number of rotatable bonds is 5. The second-order valence-electron chi connectivity index (χ2n) is 10.2. The van der Waals surface area contributed by atoms with Crippen molar-refractivity contribution < 1.29 is 22.8 Å². The van der Waals surface area contributed by atoms with E-state index in [2.05, 4.69) is 13.8 Å². The molecule has 2 aliphatic rings. The second-order valence-corrected chi connectivity index (χ2v) is 11.2. The zero-order valence-corrected chi connectivity index (χ0v) is 22.1. The maximum absolute atomic E-state index is 14.2. The summed E-state index contributed by atoms with van der Waals surface area (Å²) in [6, 6.07) is 16.2. The number of benzene rings is 2. The van der Waals surface area contributed by atoms with Gasteiger partial charge in [0, 0.05) is 48.9 Å². The standard InChI is InChI=1S/C29H30F3N3O2S/c1-19(2)18-35-26(24-11-6-16-38-24)25(22-9-3-4-10-23(22)27(35)36)28(37)34-14-12-33(13-15-34)21-8-5-7-20(17-21)29(30,31)32/h3-11,16-17,19,25-26H,12-15,18H2,1-2H3/t25-,26+/m0/s1. The number of hydrogen-bond donors (Lipinski definition) is 0. The number of nitrogens with zero attached hydrogens (tertiary/aromatic N) is 3. The molecular formula is C29H30F3N3O2S. The zero-order chi connectivity index (χ0) is 27.0. The van der Waals surface area contributed by atoms with E-state index in [1.165, 1.54) is 6.07 Å². The molecule has 0 aliphatic carbocycles. The molecule has 3 heterocycles. The number of thiophene rings is 1. The molecule has 0 saturated carbocycles. The minimum Gasteiger partial charge on any atom is -0.368 e. The lowest BCUT2D eigenvalue weighted by Gasteiger charge is -2.44. The highest BCUT2D eigenvalue weighted by molar-refractivity contribution is 7.10. The molecular weight excluding hydrogens is 511 g/mol. The Bertz CT molecular complexity index is 1300. The van der Waals surface area contributed by atoms with Crippen LogP contribution in [-0.4, -0.2) is 54.3 Å². The van der Waals surface area contributed by atoms with Crippen LogP contribution in [0.4, 0.5) is 18.9 Å². The smallest absolute Gasteiger partial charge is 0.368 e. The van der Waals surface area contributed by atoms with Crippen LogP contribution in [-0.2, 0) is 11.0 Å². The van der Waals surface area contributed by atoms with Crippen molar-refractivity contribution in [1.29, 1.82) is 0 Å². The summed E-state index contributed by atoms with van der Waals surface area (Å²) in [4.78, 5) is 34.3. The first-order valence-corrected chi connectivity index (χ1v) is 13.7. The summed E-state index contributed by atoms with van der Waals surface area (Å²) in [5.41, 5.74) is 1.12. The van der Waals surface area contributed by atoms with Gasteiger partial charge in [0.1, 0.15) is 0 Å². The van der Waals surface area contributed by atoms with Crippen LogP contribution in [0.1, 0.15) is 52.2 Å². The molecule has 1 aromatic heterocycles. The lowest BCUT2D eigenvalue weighted by atomic mass is 9.80. The number of anilines is 1. The highest BCUT2D eigenvalue weighted by atomic mass is 32.1. The predicted octanol–water partition coefficient (Wildman–Crippen LogP) is 6.05. The molecule has 0 spiro atoms. The van der Waals surface area contributed by atoms with Crippen LogP contribution in [0.15, 0.2) is 66.0 Å². The summed E-state index contributed by atoms with van der Waals surface area (Å²) in [6.45, 7) is 6.29. The van der Waals surface area contributed by atoms with E-state index in [0.29, 0.717) is 44.0 Å². The van der Waals surface area contributed by atoms with Crippen molar-refractivity contribution in [3.8, 4) is 0 Å². The van der Waals surface area contributed by atoms with E-state index >= 15 is 0 Å². The Balaban J connectivity index is 1.43. The largest absolute Gasteiger partial charge is 0.416 e. The average molecular weight is 542 g/mol. The molecule has 0 unspecified atom stereocenters. The summed E-state index contributed by atoms with van der Waals surface area (Å²) >= 11 is 1.54. The lowest BCUT2D eigenvalue weighted by molar-refractivity contribution is -0.137. The number of amides is 2. The monoisotopic (exact) mass is 541 g/mol. The fourth-order valence-electron chi connectivity index (χ4n) is 5.49. The quantitative estimate of drug-likeness (QED) is 0.395. The number of halogens is 3. The van der Waals surface area contributed by atoms with E-state index in [-0.39, 0.29) is 17.7 Å². The van der Waals surface area contributed by atoms with Crippen LogP contribution >= 0.6 is 11.3 Å². The Hall–Kier alpha value is -3.33. The van der Waals surface area contributed by atoms with Gasteiger partial charge >= 0.3 is 6.18 Å². The molecule has 9 heteroatoms. The van der Waals surface area contributed by atoms with Crippen LogP contribution in [0.5, 0.6) is 0 Å². The Labute approximate surface area is 224 Å². The third kappa shape index (κ3) is 5.04. The number of piperazine rings is 1. The Morgan fingerprint density at radius 1 is 1.00 bits per heavy atom. The number of carbonyl (C=O) groups excluding carboxylic acids is 2. The Morgan fingerprint density at radius 2 is 1.74 bits per heavy atom. The number of alkyl halides is 3. The molecule has 2 aromatic carbocycles. The second kappa shape index (κ2) is 10.4. The normalized spacial score (nSPS) is 20.2. The third-order valence-electron chi connectivity index (χ3n) is 7.23. The van der Waals surface area contributed by atoms with E-state index in [1.807, 2.05) is 45.5 Å². The topological polar surface area (TPSA) is 43.9 Å². The summed E-state index contributed by atoms with van der Waals surface area (Å²) in [7, 11) is 0. The molecule has 0 bridgehead atoms. The zero-order valence-electron chi connectivity index (χ0n) is 21.3. The molecule has 5 nitrogen and oxygen atoms in total. The van der Waals surface area contributed by atoms with E-state index in [4.69, 9.17) is 0 Å². The van der Waals surface area contributed by atoms with Crippen molar-refractivity contribution in [3.05, 3.63) is 87.6 Å². The highest BCUT2D eigenvalue weighted by Crippen LogP contribution is 2.45. The summed E-state index contributed by atoms with van der Waals surface area (Å²) < 4.78 is 39.7. The van der Waals surface area contributed by atoms with Crippen molar-refractivity contribution in [2.24, 2.45) is 5.92 Å². The van der Waals surface area contributed by atoms with Gasteiger partial charge in [-0.05, 0) is 47.2 Å². The fourth-order valence-corrected chi connectivity index (χ4v) is 6.36. The number of hydrogen-bond acceptors (Lipinski definition) is 4. The van der Waals surface area contributed by atoms with Gasteiger partial charge in [0.05, 0.1) is 17.5 Å². The van der Waals surface area contributed by atoms with E-state index < -0.39 is 23.7 Å². The first-order valence-electron chi connectivity index (χ1n) is 12.8. The van der Waals surface area contributed by atoms with Gasteiger partial charge < -0.3 is 14.7 Å². The molecule has 3 aromatic rings. The van der Waals surface area contributed by atoms with Gasteiger partial charge in [0.15, 0.2) is 0 Å². The number of carbonyl (C=O) groups is 2. The van der Waals surface area contributed by atoms with Gasteiger partial charge in [-0.1, -0.05) is 44.2 Å². The fraction of sp³-hybridized carbons (Fsp3) is 0.379. The Morgan fingerprint density at radius 3 is 2.39 bits per heavy atom. The van der Waals surface area contributed by atoms with E-state index in [1.54, 1.807) is 28.4 Å². The van der Waals surface area contributed by atoms with Crippen LogP contribution in [0.3, 0.4) is 0 Å². The van der Waals surface area contributed by atoms with Crippen molar-refractivity contribution in [2.75, 3.05) is 37.6 Å². The van der Waals surface area contributed by atoms with Crippen molar-refractivity contribution in [1.82, 2.24) is 9.80 Å². The molecule has 38 heavy (non-hydrogen) atoms. The van der Waals surface area contributed by atoms with Crippen LogP contribution in [0.25, 0.3) is 0 Å². The van der Waals surface area contributed by atoms with E-state index in [0.717, 1.165) is 22.6 Å². The van der Waals surface area contributed by atoms with Crippen LogP contribution in [0, 0.1) is 5.92 Å². The summed E-state index contributed by atoms with van der Waals surface area (Å²) in [5, 5.41) is 1.96. The summed E-state index contributed by atoms with van der Waals surface area (Å²) in [5.74, 6) is -0.452. The molecule has 1 fully saturated rings. The Kier molecular flexibility index (Phi) is 7.22. The van der Waals surface area contributed by atoms with Gasteiger partial charge in [-0.2, -0.15) is 13.2 Å². The van der Waals surface area contributed by atoms with Gasteiger partial charge in [0.2, 0.25) is 5.91 Å². The molecule has 5 rings (SSSR count). The molecule has 2 atom stereocenters. The third-order valence-corrected chi connectivity index (χ3v) is 8.17. The molecule has 2 aliphatic heterocycles. The first-order chi connectivity index (χ1) is 18.1. The average Bonchev–Trinajstić information content (AvgIpc) is 3.44. The highest BCUT2D eigenvalue weighted by Gasteiger charge is 2.46. The maximum Gasteiger partial charge on any atom is 0.416 e. The van der Waals surface area contributed by atoms with Gasteiger partial charge in [-0.3, -0.25) is 9.59 Å². The van der Waals surface area contributed by atoms with Gasteiger partial charge in [-0.25, -0.2) is 0 Å². The van der Waals surface area contributed by atoms with Gasteiger partial charge in [0.25, 0.3) is 5.91 Å². The number of fused-ring (bicyclic) bond motifs is 1. The van der Waals surface area contributed by atoms with Crippen molar-refractivity contribution >= 4 is 28.8 Å². The molecule has 0 radical (unpaired) electrons. The summed E-state index contributed by atoms with van der Waals surface area (Å²) in [6.07, 6.45) is -4.40. The maximum atomic E-state index is 14.2. The van der Waals surface area contributed by atoms with Crippen LogP contribution < -0.4 is 4.90 Å². The van der Waals surface area contributed by atoms with Crippen molar-refractivity contribution in [3.63, 3.8) is 0 Å². The van der Waals surface area contributed by atoms with E-state index in [9.17, 15) is 22.8 Å². The minimum absolute atomic E-state index is 0.0548. The molecule has 0 N–H and O–H groups in total. The molecule has 2 amide bonds. The predicted molar refractivity (Wildman–Crippen MR) is 142 cm³/mol. The molecule has 200 valence electrons. The molecule has 1 saturated heterocycles.